The number of carbonyl (C=O) groups excluding carboxylic acids is 1. The third kappa shape index (κ3) is 7.28. The van der Waals surface area contributed by atoms with Gasteiger partial charge in [-0.2, -0.15) is 0 Å². The molecular weight excluding hydrogens is 408 g/mol. The second kappa shape index (κ2) is 11.5. The van der Waals surface area contributed by atoms with Crippen LogP contribution in [0.25, 0.3) is 6.08 Å². The van der Waals surface area contributed by atoms with Crippen LogP contribution in [0.2, 0.25) is 0 Å². The SMILES string of the molecule is COc1ccccc1/C=C/C(=O)NC(=S)Nc1ccc(OCCc2ccccc2)cc1. The second-order valence-electron chi connectivity index (χ2n) is 6.63. The molecule has 0 fully saturated rings. The lowest BCUT2D eigenvalue weighted by molar-refractivity contribution is -0.115. The summed E-state index contributed by atoms with van der Waals surface area (Å²) < 4.78 is 11.0. The lowest BCUT2D eigenvalue weighted by Gasteiger charge is -2.10. The fourth-order valence-electron chi connectivity index (χ4n) is 2.85. The van der Waals surface area contributed by atoms with Gasteiger partial charge in [-0.3, -0.25) is 10.1 Å². The Labute approximate surface area is 187 Å². The molecule has 0 spiro atoms. The van der Waals surface area contributed by atoms with Gasteiger partial charge in [0.25, 0.3) is 0 Å². The fraction of sp³-hybridized carbons (Fsp3) is 0.120. The Morgan fingerprint density at radius 1 is 0.968 bits per heavy atom. The van der Waals surface area contributed by atoms with Crippen molar-refractivity contribution in [3.8, 4) is 11.5 Å². The van der Waals surface area contributed by atoms with Gasteiger partial charge in [0.2, 0.25) is 5.91 Å². The summed E-state index contributed by atoms with van der Waals surface area (Å²) in [5, 5.41) is 5.83. The number of benzene rings is 3. The standard InChI is InChI=1S/C25H24N2O3S/c1-29-23-10-6-5-9-20(23)11-16-24(28)27-25(31)26-21-12-14-22(15-13-21)30-18-17-19-7-3-2-4-8-19/h2-16H,17-18H2,1H3,(H2,26,27,28,31)/b16-11+. The van der Waals surface area contributed by atoms with E-state index in [0.717, 1.165) is 23.4 Å². The highest BCUT2D eigenvalue weighted by Crippen LogP contribution is 2.18. The molecule has 158 valence electrons. The maximum atomic E-state index is 12.1. The van der Waals surface area contributed by atoms with Crippen molar-refractivity contribution >= 4 is 35.0 Å². The van der Waals surface area contributed by atoms with E-state index in [-0.39, 0.29) is 11.0 Å². The van der Waals surface area contributed by atoms with Crippen molar-refractivity contribution in [2.24, 2.45) is 0 Å². The third-order valence-electron chi connectivity index (χ3n) is 4.40. The Kier molecular flexibility index (Phi) is 8.20. The molecule has 0 saturated carbocycles. The molecule has 3 aromatic carbocycles. The molecule has 5 nitrogen and oxygen atoms in total. The van der Waals surface area contributed by atoms with Crippen LogP contribution < -0.4 is 20.1 Å². The second-order valence-corrected chi connectivity index (χ2v) is 7.04. The van der Waals surface area contributed by atoms with E-state index in [9.17, 15) is 4.79 Å². The topological polar surface area (TPSA) is 59.6 Å². The van der Waals surface area contributed by atoms with Crippen LogP contribution in [0.15, 0.2) is 84.9 Å². The molecule has 1 amide bonds. The van der Waals surface area contributed by atoms with Gasteiger partial charge in [-0.25, -0.2) is 0 Å². The molecule has 0 atom stereocenters. The fourth-order valence-corrected chi connectivity index (χ4v) is 3.07. The van der Waals surface area contributed by atoms with Crippen molar-refractivity contribution in [2.75, 3.05) is 19.0 Å². The monoisotopic (exact) mass is 432 g/mol. The van der Waals surface area contributed by atoms with Crippen LogP contribution >= 0.6 is 12.2 Å². The molecule has 31 heavy (non-hydrogen) atoms. The lowest BCUT2D eigenvalue weighted by Crippen LogP contribution is -2.32. The first-order chi connectivity index (χ1) is 15.1. The van der Waals surface area contributed by atoms with Crippen molar-refractivity contribution in [3.63, 3.8) is 0 Å². The number of amides is 1. The highest BCUT2D eigenvalue weighted by atomic mass is 32.1. The maximum absolute atomic E-state index is 12.1. The molecule has 0 aliphatic heterocycles. The molecule has 3 rings (SSSR count). The van der Waals surface area contributed by atoms with Crippen LogP contribution in [-0.2, 0) is 11.2 Å². The normalized spacial score (nSPS) is 10.5. The highest BCUT2D eigenvalue weighted by molar-refractivity contribution is 7.80. The van der Waals surface area contributed by atoms with Crippen LogP contribution in [0.1, 0.15) is 11.1 Å². The zero-order chi connectivity index (χ0) is 21.9. The van der Waals surface area contributed by atoms with Crippen molar-refractivity contribution in [1.29, 1.82) is 0 Å². The number of hydrogen-bond donors (Lipinski definition) is 2. The predicted octanol–water partition coefficient (Wildman–Crippen LogP) is 4.84. The van der Waals surface area contributed by atoms with Crippen LogP contribution in [0, 0.1) is 0 Å². The Balaban J connectivity index is 1.44. The van der Waals surface area contributed by atoms with Gasteiger partial charge < -0.3 is 14.8 Å². The summed E-state index contributed by atoms with van der Waals surface area (Å²) in [6.45, 7) is 0.601. The molecule has 0 unspecified atom stereocenters. The molecule has 3 aromatic rings. The molecule has 0 aromatic heterocycles. The van der Waals surface area contributed by atoms with Gasteiger partial charge in [0.15, 0.2) is 5.11 Å². The Morgan fingerprint density at radius 3 is 2.42 bits per heavy atom. The molecule has 0 saturated heterocycles. The van der Waals surface area contributed by atoms with E-state index < -0.39 is 0 Å². The summed E-state index contributed by atoms with van der Waals surface area (Å²) in [7, 11) is 1.59. The smallest absolute Gasteiger partial charge is 0.250 e. The van der Waals surface area contributed by atoms with E-state index in [1.165, 1.54) is 11.6 Å². The predicted molar refractivity (Wildman–Crippen MR) is 128 cm³/mol. The first-order valence-corrected chi connectivity index (χ1v) is 10.2. The third-order valence-corrected chi connectivity index (χ3v) is 4.61. The lowest BCUT2D eigenvalue weighted by atomic mass is 10.2. The van der Waals surface area contributed by atoms with Gasteiger partial charge in [0.1, 0.15) is 11.5 Å². The molecule has 0 aliphatic rings. The molecule has 0 heterocycles. The van der Waals surface area contributed by atoms with E-state index in [0.29, 0.717) is 12.4 Å². The Bertz CT molecular complexity index is 1030. The number of rotatable bonds is 8. The Morgan fingerprint density at radius 2 is 1.68 bits per heavy atom. The molecule has 2 N–H and O–H groups in total. The van der Waals surface area contributed by atoms with Gasteiger partial charge >= 0.3 is 0 Å². The van der Waals surface area contributed by atoms with E-state index in [4.69, 9.17) is 21.7 Å². The zero-order valence-corrected chi connectivity index (χ0v) is 18.0. The summed E-state index contributed by atoms with van der Waals surface area (Å²) in [5.74, 6) is 1.14. The van der Waals surface area contributed by atoms with Crippen LogP contribution in [0.3, 0.4) is 0 Å². The highest BCUT2D eigenvalue weighted by Gasteiger charge is 2.04. The quantitative estimate of drug-likeness (QED) is 0.394. The number of methoxy groups -OCH3 is 1. The van der Waals surface area contributed by atoms with Gasteiger partial charge in [0.05, 0.1) is 13.7 Å². The number of hydrogen-bond acceptors (Lipinski definition) is 4. The summed E-state index contributed by atoms with van der Waals surface area (Å²) in [5.41, 5.74) is 2.80. The summed E-state index contributed by atoms with van der Waals surface area (Å²) in [6, 6.07) is 25.1. The van der Waals surface area contributed by atoms with E-state index in [2.05, 4.69) is 22.8 Å². The van der Waals surface area contributed by atoms with Crippen molar-refractivity contribution < 1.29 is 14.3 Å². The first kappa shape index (κ1) is 22.1. The van der Waals surface area contributed by atoms with Crippen molar-refractivity contribution in [3.05, 3.63) is 96.1 Å². The van der Waals surface area contributed by atoms with Gasteiger partial charge in [-0.15, -0.1) is 0 Å². The van der Waals surface area contributed by atoms with E-state index in [1.54, 1.807) is 13.2 Å². The minimum Gasteiger partial charge on any atom is -0.496 e. The molecular formula is C25H24N2O3S. The number of nitrogens with one attached hydrogen (secondary N) is 2. The maximum Gasteiger partial charge on any atom is 0.250 e. The average molecular weight is 433 g/mol. The molecule has 0 aliphatic carbocycles. The molecule has 0 radical (unpaired) electrons. The largest absolute Gasteiger partial charge is 0.496 e. The summed E-state index contributed by atoms with van der Waals surface area (Å²) >= 11 is 5.22. The van der Waals surface area contributed by atoms with Gasteiger partial charge in [0, 0.05) is 23.7 Å². The van der Waals surface area contributed by atoms with Gasteiger partial charge in [-0.05, 0) is 54.2 Å². The number of ether oxygens (including phenoxy) is 2. The molecule has 0 bridgehead atoms. The van der Waals surface area contributed by atoms with Gasteiger partial charge in [-0.1, -0.05) is 48.5 Å². The van der Waals surface area contributed by atoms with Crippen LogP contribution in [0.5, 0.6) is 11.5 Å². The minimum absolute atomic E-state index is 0.215. The number of para-hydroxylation sites is 1. The van der Waals surface area contributed by atoms with E-state index >= 15 is 0 Å². The summed E-state index contributed by atoms with van der Waals surface area (Å²) in [6.07, 6.45) is 3.94. The number of anilines is 1. The number of thiocarbonyl (C=S) groups is 1. The van der Waals surface area contributed by atoms with Crippen LogP contribution in [-0.4, -0.2) is 24.7 Å². The number of carbonyl (C=O) groups is 1. The molecule has 6 heteroatoms. The average Bonchev–Trinajstić information content (AvgIpc) is 2.79. The van der Waals surface area contributed by atoms with Crippen LogP contribution in [0.4, 0.5) is 5.69 Å². The van der Waals surface area contributed by atoms with E-state index in [1.807, 2.05) is 66.7 Å². The zero-order valence-electron chi connectivity index (χ0n) is 17.2. The van der Waals surface area contributed by atoms with Crippen molar-refractivity contribution in [1.82, 2.24) is 5.32 Å². The Hall–Kier alpha value is -3.64. The summed E-state index contributed by atoms with van der Waals surface area (Å²) in [4.78, 5) is 12.1. The van der Waals surface area contributed by atoms with Crippen molar-refractivity contribution in [2.45, 2.75) is 6.42 Å². The minimum atomic E-state index is -0.329. The first-order valence-electron chi connectivity index (χ1n) is 9.84.